The van der Waals surface area contributed by atoms with E-state index in [0.717, 1.165) is 6.42 Å². The summed E-state index contributed by atoms with van der Waals surface area (Å²) in [5.41, 5.74) is 1.12. The maximum Gasteiger partial charge on any atom is 0.280 e. The second-order valence-electron chi connectivity index (χ2n) is 6.71. The molecule has 1 atom stereocenters. The predicted octanol–water partition coefficient (Wildman–Crippen LogP) is 1.71. The van der Waals surface area contributed by atoms with Crippen LogP contribution < -0.4 is 9.47 Å². The van der Waals surface area contributed by atoms with Crippen LogP contribution in [0.1, 0.15) is 35.6 Å². The number of fused-ring (bicyclic) bond motifs is 1. The van der Waals surface area contributed by atoms with E-state index in [4.69, 9.17) is 14.0 Å². The van der Waals surface area contributed by atoms with Crippen molar-refractivity contribution in [1.29, 1.82) is 0 Å². The van der Waals surface area contributed by atoms with Crippen molar-refractivity contribution in [1.82, 2.24) is 30.0 Å². The molecule has 144 valence electrons. The summed E-state index contributed by atoms with van der Waals surface area (Å²) in [6.07, 6.45) is 3.27. The van der Waals surface area contributed by atoms with E-state index in [1.54, 1.807) is 29.1 Å². The van der Waals surface area contributed by atoms with E-state index in [0.29, 0.717) is 54.0 Å². The van der Waals surface area contributed by atoms with Crippen molar-refractivity contribution >= 4 is 5.91 Å². The van der Waals surface area contributed by atoms with Crippen LogP contribution in [0.2, 0.25) is 0 Å². The van der Waals surface area contributed by atoms with Gasteiger partial charge in [-0.05, 0) is 24.6 Å². The lowest BCUT2D eigenvalue weighted by Gasteiger charge is -2.16. The van der Waals surface area contributed by atoms with Crippen LogP contribution in [0.15, 0.2) is 28.9 Å². The van der Waals surface area contributed by atoms with E-state index in [1.807, 2.05) is 11.8 Å². The monoisotopic (exact) mass is 382 g/mol. The van der Waals surface area contributed by atoms with Crippen LogP contribution in [-0.2, 0) is 6.42 Å². The molecular weight excluding hydrogens is 364 g/mol. The molecule has 1 saturated heterocycles. The normalized spacial score (nSPS) is 18.0. The van der Waals surface area contributed by atoms with Crippen LogP contribution in [-0.4, -0.2) is 55.8 Å². The van der Waals surface area contributed by atoms with E-state index in [9.17, 15) is 4.79 Å². The number of likely N-dealkylation sites (tertiary alicyclic amines) is 1. The molecule has 2 aliphatic rings. The molecule has 0 N–H and O–H groups in total. The highest BCUT2D eigenvalue weighted by atomic mass is 16.7. The van der Waals surface area contributed by atoms with Crippen molar-refractivity contribution in [3.05, 3.63) is 35.8 Å². The molecule has 0 spiro atoms. The highest BCUT2D eigenvalue weighted by Crippen LogP contribution is 2.33. The van der Waals surface area contributed by atoms with Crippen LogP contribution >= 0.6 is 0 Å². The Kier molecular flexibility index (Phi) is 3.96. The number of ether oxygens (including phenoxy) is 2. The number of aromatic nitrogens is 5. The van der Waals surface area contributed by atoms with Crippen molar-refractivity contribution in [3.63, 3.8) is 0 Å². The zero-order valence-electron chi connectivity index (χ0n) is 15.2. The Morgan fingerprint density at radius 2 is 2.18 bits per heavy atom. The number of benzene rings is 1. The first-order valence-corrected chi connectivity index (χ1v) is 9.15. The third-order valence-electron chi connectivity index (χ3n) is 4.96. The first kappa shape index (κ1) is 16.7. The largest absolute Gasteiger partial charge is 0.454 e. The van der Waals surface area contributed by atoms with Crippen LogP contribution in [0, 0.1) is 0 Å². The van der Waals surface area contributed by atoms with Gasteiger partial charge in [0.25, 0.3) is 11.8 Å². The summed E-state index contributed by atoms with van der Waals surface area (Å²) in [5, 5.41) is 12.2. The predicted molar refractivity (Wildman–Crippen MR) is 94.8 cm³/mol. The number of rotatable bonds is 4. The van der Waals surface area contributed by atoms with Crippen molar-refractivity contribution in [2.45, 2.75) is 25.8 Å². The Morgan fingerprint density at radius 3 is 3.04 bits per heavy atom. The fraction of sp³-hybridized carbons (Fsp3) is 0.389. The van der Waals surface area contributed by atoms with Gasteiger partial charge in [0.15, 0.2) is 23.0 Å². The fourth-order valence-corrected chi connectivity index (χ4v) is 3.41. The minimum absolute atomic E-state index is 0.0365. The van der Waals surface area contributed by atoms with Gasteiger partial charge in [0, 0.05) is 25.1 Å². The molecule has 1 fully saturated rings. The van der Waals surface area contributed by atoms with E-state index in [1.165, 1.54) is 0 Å². The SMILES string of the molecule is CCc1noc(-c2cn([C@H]3CCN(C(=O)c4ccc5c(c4)OCO5)C3)nn2)n1. The first-order valence-electron chi connectivity index (χ1n) is 9.15. The second-order valence-corrected chi connectivity index (χ2v) is 6.71. The number of carbonyl (C=O) groups excluding carboxylic acids is 1. The summed E-state index contributed by atoms with van der Waals surface area (Å²) in [4.78, 5) is 18.9. The number of carbonyl (C=O) groups is 1. The molecule has 1 aromatic carbocycles. The smallest absolute Gasteiger partial charge is 0.280 e. The average molecular weight is 382 g/mol. The maximum absolute atomic E-state index is 12.8. The van der Waals surface area contributed by atoms with Gasteiger partial charge >= 0.3 is 0 Å². The van der Waals surface area contributed by atoms with Gasteiger partial charge in [-0.3, -0.25) is 4.79 Å². The lowest BCUT2D eigenvalue weighted by Crippen LogP contribution is -2.29. The summed E-state index contributed by atoms with van der Waals surface area (Å²) in [7, 11) is 0. The van der Waals surface area contributed by atoms with E-state index in [2.05, 4.69) is 20.5 Å². The van der Waals surface area contributed by atoms with Crippen LogP contribution in [0.3, 0.4) is 0 Å². The standard InChI is InChI=1S/C18H18N6O4/c1-2-16-19-17(28-21-16)13-9-24(22-20-13)12-5-6-23(8-12)18(25)11-3-4-14-15(7-11)27-10-26-14/h3-4,7,9,12H,2,5-6,8,10H2,1H3/t12-/m0/s1. The summed E-state index contributed by atoms with van der Waals surface area (Å²) in [5.74, 6) is 2.22. The van der Waals surface area contributed by atoms with Gasteiger partial charge in [-0.1, -0.05) is 17.3 Å². The molecule has 5 rings (SSSR count). The summed E-state index contributed by atoms with van der Waals surface area (Å²) >= 11 is 0. The zero-order valence-corrected chi connectivity index (χ0v) is 15.2. The Balaban J connectivity index is 1.29. The van der Waals surface area contributed by atoms with Gasteiger partial charge in [0.05, 0.1) is 12.2 Å². The van der Waals surface area contributed by atoms with Gasteiger partial charge in [-0.2, -0.15) is 4.98 Å². The molecule has 28 heavy (non-hydrogen) atoms. The molecular formula is C18H18N6O4. The van der Waals surface area contributed by atoms with Crippen LogP contribution in [0.4, 0.5) is 0 Å². The number of hydrogen-bond donors (Lipinski definition) is 0. The summed E-state index contributed by atoms with van der Waals surface area (Å²) < 4.78 is 17.6. The molecule has 4 heterocycles. The second kappa shape index (κ2) is 6.63. The van der Waals surface area contributed by atoms with Gasteiger partial charge in [0.1, 0.15) is 0 Å². The molecule has 10 nitrogen and oxygen atoms in total. The molecule has 1 amide bonds. The maximum atomic E-state index is 12.8. The zero-order chi connectivity index (χ0) is 19.1. The van der Waals surface area contributed by atoms with E-state index in [-0.39, 0.29) is 18.7 Å². The minimum atomic E-state index is -0.0365. The molecule has 0 aliphatic carbocycles. The Hall–Kier alpha value is -3.43. The Labute approximate surface area is 160 Å². The molecule has 3 aromatic rings. The number of hydrogen-bond acceptors (Lipinski definition) is 8. The van der Waals surface area contributed by atoms with Crippen molar-refractivity contribution in [3.8, 4) is 23.1 Å². The highest BCUT2D eigenvalue weighted by Gasteiger charge is 2.30. The first-order chi connectivity index (χ1) is 13.7. The van der Waals surface area contributed by atoms with Gasteiger partial charge in [-0.25, -0.2) is 4.68 Å². The molecule has 2 aromatic heterocycles. The molecule has 0 bridgehead atoms. The average Bonchev–Trinajstić information content (AvgIpc) is 3.51. The molecule has 0 unspecified atom stereocenters. The third-order valence-corrected chi connectivity index (χ3v) is 4.96. The van der Waals surface area contributed by atoms with Gasteiger partial charge in [-0.15, -0.1) is 5.10 Å². The van der Waals surface area contributed by atoms with Gasteiger partial charge < -0.3 is 18.9 Å². The molecule has 0 saturated carbocycles. The van der Waals surface area contributed by atoms with Crippen molar-refractivity contribution < 1.29 is 18.8 Å². The minimum Gasteiger partial charge on any atom is -0.454 e. The Morgan fingerprint density at radius 1 is 1.29 bits per heavy atom. The van der Waals surface area contributed by atoms with Crippen molar-refractivity contribution in [2.24, 2.45) is 0 Å². The quantitative estimate of drug-likeness (QED) is 0.671. The molecule has 0 radical (unpaired) electrons. The third kappa shape index (κ3) is 2.86. The lowest BCUT2D eigenvalue weighted by molar-refractivity contribution is 0.0786. The van der Waals surface area contributed by atoms with Crippen LogP contribution in [0.25, 0.3) is 11.6 Å². The van der Waals surface area contributed by atoms with E-state index < -0.39 is 0 Å². The summed E-state index contributed by atoms with van der Waals surface area (Å²) in [6.45, 7) is 3.34. The fourth-order valence-electron chi connectivity index (χ4n) is 3.41. The Bertz CT molecular complexity index is 1030. The molecule has 2 aliphatic heterocycles. The summed E-state index contributed by atoms with van der Waals surface area (Å²) in [6, 6.07) is 5.30. The lowest BCUT2D eigenvalue weighted by atomic mass is 10.2. The van der Waals surface area contributed by atoms with Gasteiger partial charge in [0.2, 0.25) is 6.79 Å². The highest BCUT2D eigenvalue weighted by molar-refractivity contribution is 5.95. The number of aryl methyl sites for hydroxylation is 1. The molecule has 10 heteroatoms. The topological polar surface area (TPSA) is 108 Å². The number of nitrogens with zero attached hydrogens (tertiary/aromatic N) is 6. The van der Waals surface area contributed by atoms with Crippen molar-refractivity contribution in [2.75, 3.05) is 19.9 Å². The van der Waals surface area contributed by atoms with E-state index >= 15 is 0 Å². The van der Waals surface area contributed by atoms with Crippen LogP contribution in [0.5, 0.6) is 11.5 Å². The number of amides is 1.